The predicted octanol–water partition coefficient (Wildman–Crippen LogP) is 26.8. The highest BCUT2D eigenvalue weighted by molar-refractivity contribution is 6.16. The van der Waals surface area contributed by atoms with Gasteiger partial charge >= 0.3 is 0 Å². The lowest BCUT2D eigenvalue weighted by Crippen LogP contribution is -2.24. The molecule has 6 aliphatic heterocycles. The summed E-state index contributed by atoms with van der Waals surface area (Å²) in [4.78, 5) is 60.1. The number of aryl methyl sites for hydroxylation is 8. The Morgan fingerprint density at radius 3 is 0.543 bits per heavy atom. The molecule has 0 saturated carbocycles. The van der Waals surface area contributed by atoms with Crippen LogP contribution in [0, 0.1) is 51.4 Å². The van der Waals surface area contributed by atoms with Crippen LogP contribution < -0.4 is 0 Å². The maximum absolute atomic E-state index is 6.07. The second-order valence-electron chi connectivity index (χ2n) is 39.1. The van der Waals surface area contributed by atoms with E-state index in [2.05, 4.69) is 269 Å². The molecule has 0 fully saturated rings. The maximum Gasteiger partial charge on any atom is 0.0699 e. The van der Waals surface area contributed by atoms with Gasteiger partial charge in [-0.05, 0) is 333 Å². The third-order valence-electron chi connectivity index (χ3n) is 28.1. The van der Waals surface area contributed by atoms with E-state index >= 15 is 0 Å². The molecule has 116 heavy (non-hydrogen) atoms. The molecule has 6 N–H and O–H groups in total. The van der Waals surface area contributed by atoms with Crippen LogP contribution in [0.1, 0.15) is 325 Å². The molecule has 0 unspecified atom stereocenters. The molecule has 12 heteroatoms. The molecule has 6 aliphatic carbocycles. The third kappa shape index (κ3) is 11.3. The molecular weight excluding hydrogens is 1420 g/mol. The van der Waals surface area contributed by atoms with Crippen molar-refractivity contribution in [3.8, 4) is 0 Å². The van der Waals surface area contributed by atoms with Gasteiger partial charge in [-0.3, -0.25) is 0 Å². The van der Waals surface area contributed by atoms with Crippen LogP contribution in [-0.4, -0.2) is 59.8 Å². The quantitative estimate of drug-likeness (QED) is 0.0884. The van der Waals surface area contributed by atoms with Gasteiger partial charge in [-0.25, -0.2) is 29.9 Å². The molecule has 0 saturated heterocycles. The van der Waals surface area contributed by atoms with Crippen molar-refractivity contribution in [2.24, 2.45) is 23.7 Å². The zero-order valence-corrected chi connectivity index (χ0v) is 73.4. The van der Waals surface area contributed by atoms with E-state index in [0.717, 1.165) is 212 Å². The van der Waals surface area contributed by atoms with Gasteiger partial charge in [0.05, 0.1) is 68.3 Å². The summed E-state index contributed by atoms with van der Waals surface area (Å²) in [5.74, 6) is 0.168. The summed E-state index contributed by atoms with van der Waals surface area (Å²) in [6, 6.07) is 28.9. The number of fused-ring (bicyclic) bond motifs is 26. The first-order chi connectivity index (χ1) is 55.3. The van der Waals surface area contributed by atoms with Crippen molar-refractivity contribution in [3.63, 3.8) is 0 Å². The Balaban J connectivity index is 0.840. The number of aromatic amines is 6. The minimum atomic E-state index is -0.160. The molecule has 0 aromatic carbocycles. The molecule has 15 heterocycles. The lowest BCUT2D eigenvalue weighted by Gasteiger charge is -2.39. The van der Waals surface area contributed by atoms with E-state index in [9.17, 15) is 0 Å². The van der Waals surface area contributed by atoms with Gasteiger partial charge in [0.25, 0.3) is 0 Å². The maximum atomic E-state index is 6.07. The summed E-state index contributed by atoms with van der Waals surface area (Å²) in [7, 11) is 0. The first kappa shape index (κ1) is 75.8. The molecule has 21 rings (SSSR count). The van der Waals surface area contributed by atoms with Gasteiger partial charge in [0.2, 0.25) is 0 Å². The average molecular weight is 1540 g/mol. The van der Waals surface area contributed by atoms with Gasteiger partial charge in [-0.15, -0.1) is 0 Å². The lowest BCUT2D eigenvalue weighted by atomic mass is 9.62. The Hall–Kier alpha value is -10.2. The van der Waals surface area contributed by atoms with E-state index in [4.69, 9.17) is 29.9 Å². The second kappa shape index (κ2) is 26.7. The molecule has 0 amide bonds. The van der Waals surface area contributed by atoms with E-state index in [0.29, 0.717) is 0 Å². The van der Waals surface area contributed by atoms with Gasteiger partial charge in [0.15, 0.2) is 0 Å². The number of nitrogens with one attached hydrogen (secondary N) is 6. The van der Waals surface area contributed by atoms with Crippen LogP contribution in [0.25, 0.3) is 133 Å². The van der Waals surface area contributed by atoms with E-state index < -0.39 is 0 Å². The van der Waals surface area contributed by atoms with Crippen molar-refractivity contribution >= 4 is 133 Å². The standard InChI is InChI=1S/C104H118N12/c1-25-53-54(26-2)70-42-82-94-62-35-36-64(92-80-40-68-52(12)100(104(22,23)24)88(108-68)48-76-60(32-8)59(31-7)74(112-76)46-86-98(102(16,17)18)50(10)66(106-86)38-78(114-80)90(62)92)96(94)84(116-82)44-72-56(28-4)55(27-3)71(110-72)43-83-95-63-34-33-61(93(95)81(115-83)41-69(53)109-70)89-77-37-65-49(9)97(101(13,14)15)85(105-65)45-73-57(29-5)58(30-6)75(111-73)47-87-99(103(19,20)21)51(11)67(107-87)39-79(113-77)91(63)89/h37-48,61-64,105-110H,25-36H2,1-24H3/t61-,62+,63-,64+. The third-order valence-corrected chi connectivity index (χ3v) is 28.1. The predicted molar refractivity (Wildman–Crippen MR) is 489 cm³/mol. The molecular formula is C104H118N12. The summed E-state index contributed by atoms with van der Waals surface area (Å²) in [6.07, 6.45) is 11.1. The highest BCUT2D eigenvalue weighted by Gasteiger charge is 2.50. The number of nitrogens with zero attached hydrogens (tertiary/aromatic N) is 6. The molecule has 594 valence electrons. The van der Waals surface area contributed by atoms with Crippen molar-refractivity contribution in [1.29, 1.82) is 0 Å². The summed E-state index contributed by atoms with van der Waals surface area (Å²) in [5, 5.41) is 0. The summed E-state index contributed by atoms with van der Waals surface area (Å²) >= 11 is 0. The van der Waals surface area contributed by atoms with Gasteiger partial charge in [-0.1, -0.05) is 138 Å². The Labute approximate surface area is 685 Å². The number of aromatic nitrogens is 12. The summed E-state index contributed by atoms with van der Waals surface area (Å²) in [5.41, 5.74) is 57.1. The molecule has 12 aliphatic rings. The van der Waals surface area contributed by atoms with Crippen LogP contribution in [0.2, 0.25) is 0 Å². The molecule has 4 atom stereocenters. The lowest BCUT2D eigenvalue weighted by molar-refractivity contribution is 0.586. The number of allylic oxidation sites excluding steroid dienone is 12. The van der Waals surface area contributed by atoms with Crippen molar-refractivity contribution in [1.82, 2.24) is 59.8 Å². The zero-order valence-electron chi connectivity index (χ0n) is 73.4. The fraction of sp³-hybridized carbons (Fsp3) is 0.423. The first-order valence-corrected chi connectivity index (χ1v) is 44.0. The van der Waals surface area contributed by atoms with E-state index in [1.54, 1.807) is 0 Å². The van der Waals surface area contributed by atoms with Crippen molar-refractivity contribution < 1.29 is 0 Å². The highest BCUT2D eigenvalue weighted by Crippen LogP contribution is 2.65. The van der Waals surface area contributed by atoms with Gasteiger partial charge in [0, 0.05) is 89.9 Å². The van der Waals surface area contributed by atoms with Crippen molar-refractivity contribution in [2.75, 3.05) is 0 Å². The largest absolute Gasteiger partial charge is 0.355 e. The molecule has 0 spiro atoms. The zero-order chi connectivity index (χ0) is 81.5. The number of hydrogen-bond donors (Lipinski definition) is 6. The SMILES string of the molecule is CCC1=C(CC)c2cc3[nH]c(cc4nc(cc5[nH]c(cc1n2)c(C(C)(C)C)c5C)C1=C4[C@H]2CC[C@H]1C1=C2c2cc4[nH]c(cc5nc(cc6[nH]c(cc1n2)c(CC)c6CC)C1=C5[C@H]2CC[C@H]1C1=C2c2cc5[nH]c(cc6nc(cc7[nH]c(cc1n2)c(C)c7C(C)(C)C)C(CC)=C6CC)c(C(C)(C)C)c5C)c(CC)c4CC)c(C)c3C(C)(C)C. The minimum Gasteiger partial charge on any atom is -0.355 e. The van der Waals surface area contributed by atoms with Crippen LogP contribution in [0.5, 0.6) is 0 Å². The monoisotopic (exact) mass is 1530 g/mol. The Morgan fingerprint density at radius 1 is 0.224 bits per heavy atom. The van der Waals surface area contributed by atoms with Gasteiger partial charge in [0.1, 0.15) is 0 Å². The smallest absolute Gasteiger partial charge is 0.0699 e. The molecule has 9 aromatic heterocycles. The number of rotatable bonds is 8. The normalized spacial score (nSPS) is 18.6. The van der Waals surface area contributed by atoms with Crippen LogP contribution in [-0.2, 0) is 47.3 Å². The Kier molecular flexibility index (Phi) is 17.4. The summed E-state index contributed by atoms with van der Waals surface area (Å²) < 4.78 is 0. The van der Waals surface area contributed by atoms with Crippen LogP contribution in [0.4, 0.5) is 0 Å². The van der Waals surface area contributed by atoms with Crippen molar-refractivity contribution in [3.05, 3.63) is 208 Å². The highest BCUT2D eigenvalue weighted by atomic mass is 14.9. The second-order valence-corrected chi connectivity index (χ2v) is 39.1. The van der Waals surface area contributed by atoms with Crippen LogP contribution >= 0.6 is 0 Å². The molecule has 0 radical (unpaired) electrons. The van der Waals surface area contributed by atoms with Gasteiger partial charge < -0.3 is 29.9 Å². The fourth-order valence-electron chi connectivity index (χ4n) is 23.9. The topological polar surface area (TPSA) is 172 Å². The molecule has 9 aromatic rings. The Bertz CT molecular complexity index is 5880. The first-order valence-electron chi connectivity index (χ1n) is 44.0. The summed E-state index contributed by atoms with van der Waals surface area (Å²) in [6.45, 7) is 56.0. The van der Waals surface area contributed by atoms with Crippen LogP contribution in [0.15, 0.2) is 72.8 Å². The van der Waals surface area contributed by atoms with E-state index in [1.807, 2.05) is 0 Å². The number of H-pyrrole nitrogens is 6. The van der Waals surface area contributed by atoms with Crippen molar-refractivity contribution in [2.45, 2.75) is 265 Å². The minimum absolute atomic E-state index is 0.0421. The van der Waals surface area contributed by atoms with E-state index in [-0.39, 0.29) is 45.3 Å². The Morgan fingerprint density at radius 2 is 0.379 bits per heavy atom. The molecule has 12 nitrogen and oxygen atoms in total. The number of hydrogen-bond acceptors (Lipinski definition) is 6. The van der Waals surface area contributed by atoms with E-state index in [1.165, 1.54) is 134 Å². The van der Waals surface area contributed by atoms with Crippen LogP contribution in [0.3, 0.4) is 0 Å². The average Bonchev–Trinajstić information content (AvgIpc) is 1.53. The fourth-order valence-corrected chi connectivity index (χ4v) is 23.9. The van der Waals surface area contributed by atoms with Gasteiger partial charge in [-0.2, -0.15) is 0 Å². The molecule has 28 bridgehead atoms.